The molecule has 1 aromatic rings. The van der Waals surface area contributed by atoms with E-state index in [-0.39, 0.29) is 23.4 Å². The molecule has 27 heavy (non-hydrogen) atoms. The first-order chi connectivity index (χ1) is 12.7. The molecule has 0 radical (unpaired) electrons. The Hall–Kier alpha value is -2.24. The molecule has 0 aliphatic carbocycles. The van der Waals surface area contributed by atoms with Gasteiger partial charge in [0, 0.05) is 24.2 Å². The molecular formula is C21H28F2N2O2. The summed E-state index contributed by atoms with van der Waals surface area (Å²) in [4.78, 5) is 26.9. The Kier molecular flexibility index (Phi) is 7.11. The van der Waals surface area contributed by atoms with Crippen LogP contribution in [0, 0.1) is 23.5 Å². The number of carbonyl (C=O) groups is 2. The van der Waals surface area contributed by atoms with Crippen LogP contribution in [0.3, 0.4) is 0 Å². The standard InChI is InChI=1S/C21H28F2N2O2/c1-13(2)10-15-12-25(19(11-14(3)4)21(27)24-15)20(26)9-8-16-17(22)6-5-7-18(16)23/h5-9,13-15,19H,10-12H2,1-4H3,(H,24,27)/t15-,19-/m0/s1. The van der Waals surface area contributed by atoms with Gasteiger partial charge in [-0.2, -0.15) is 0 Å². The molecule has 0 saturated carbocycles. The third kappa shape index (κ3) is 5.62. The first-order valence-electron chi connectivity index (χ1n) is 9.42. The number of hydrogen-bond donors (Lipinski definition) is 1. The van der Waals surface area contributed by atoms with Crippen LogP contribution in [0.1, 0.15) is 46.1 Å². The van der Waals surface area contributed by atoms with E-state index in [0.29, 0.717) is 18.9 Å². The van der Waals surface area contributed by atoms with Crippen LogP contribution in [0.2, 0.25) is 0 Å². The molecule has 1 aliphatic rings. The molecule has 0 bridgehead atoms. The average Bonchev–Trinajstić information content (AvgIpc) is 2.55. The molecular weight excluding hydrogens is 350 g/mol. The summed E-state index contributed by atoms with van der Waals surface area (Å²) in [5, 5.41) is 3.00. The van der Waals surface area contributed by atoms with E-state index in [1.165, 1.54) is 11.0 Å². The summed E-state index contributed by atoms with van der Waals surface area (Å²) in [7, 11) is 0. The molecule has 1 aliphatic heterocycles. The Morgan fingerprint density at radius 2 is 1.78 bits per heavy atom. The SMILES string of the molecule is CC(C)C[C@H]1CN(C(=O)C=Cc2c(F)cccc2F)[C@@H](CC(C)C)C(=O)N1. The number of hydrogen-bond acceptors (Lipinski definition) is 2. The van der Waals surface area contributed by atoms with Crippen molar-refractivity contribution in [3.8, 4) is 0 Å². The van der Waals surface area contributed by atoms with Crippen molar-refractivity contribution >= 4 is 17.9 Å². The summed E-state index contributed by atoms with van der Waals surface area (Å²) in [6.45, 7) is 8.48. The quantitative estimate of drug-likeness (QED) is 0.766. The summed E-state index contributed by atoms with van der Waals surface area (Å²) < 4.78 is 27.6. The fraction of sp³-hybridized carbons (Fsp3) is 0.524. The molecule has 1 saturated heterocycles. The summed E-state index contributed by atoms with van der Waals surface area (Å²) in [5.74, 6) is -1.44. The number of nitrogens with zero attached hydrogens (tertiary/aromatic N) is 1. The number of rotatable bonds is 6. The average molecular weight is 378 g/mol. The highest BCUT2D eigenvalue weighted by molar-refractivity contribution is 5.96. The molecule has 2 rings (SSSR count). The second kappa shape index (κ2) is 9.11. The second-order valence-electron chi connectivity index (χ2n) is 7.94. The van der Waals surface area contributed by atoms with Gasteiger partial charge in [0.1, 0.15) is 17.7 Å². The fourth-order valence-electron chi connectivity index (χ4n) is 3.40. The Balaban J connectivity index is 2.24. The molecule has 6 heteroatoms. The zero-order chi connectivity index (χ0) is 20.1. The van der Waals surface area contributed by atoms with Crippen LogP contribution in [-0.2, 0) is 9.59 Å². The summed E-state index contributed by atoms with van der Waals surface area (Å²) in [5.41, 5.74) is -0.258. The Bertz CT molecular complexity index is 696. The van der Waals surface area contributed by atoms with Gasteiger partial charge < -0.3 is 10.2 Å². The van der Waals surface area contributed by atoms with Crippen LogP contribution in [0.15, 0.2) is 24.3 Å². The van der Waals surface area contributed by atoms with E-state index in [1.54, 1.807) is 0 Å². The van der Waals surface area contributed by atoms with Crippen molar-refractivity contribution in [1.82, 2.24) is 10.2 Å². The first-order valence-corrected chi connectivity index (χ1v) is 9.42. The number of carbonyl (C=O) groups excluding carboxylic acids is 2. The van der Waals surface area contributed by atoms with Crippen molar-refractivity contribution in [2.75, 3.05) is 6.54 Å². The molecule has 2 atom stereocenters. The van der Waals surface area contributed by atoms with E-state index in [2.05, 4.69) is 19.2 Å². The number of halogens is 2. The predicted octanol–water partition coefficient (Wildman–Crippen LogP) is 3.77. The minimum atomic E-state index is -0.730. The summed E-state index contributed by atoms with van der Waals surface area (Å²) in [6.07, 6.45) is 3.59. The molecule has 148 valence electrons. The molecule has 1 aromatic carbocycles. The van der Waals surface area contributed by atoms with Gasteiger partial charge in [0.25, 0.3) is 0 Å². The van der Waals surface area contributed by atoms with Crippen LogP contribution < -0.4 is 5.32 Å². The van der Waals surface area contributed by atoms with Gasteiger partial charge in [-0.3, -0.25) is 9.59 Å². The van der Waals surface area contributed by atoms with Crippen molar-refractivity contribution in [3.63, 3.8) is 0 Å². The van der Waals surface area contributed by atoms with Crippen molar-refractivity contribution in [2.45, 2.75) is 52.6 Å². The molecule has 0 unspecified atom stereocenters. The lowest BCUT2D eigenvalue weighted by atomic mass is 9.95. The van der Waals surface area contributed by atoms with Crippen LogP contribution >= 0.6 is 0 Å². The number of nitrogens with one attached hydrogen (secondary N) is 1. The number of piperazine rings is 1. The zero-order valence-electron chi connectivity index (χ0n) is 16.3. The minimum Gasteiger partial charge on any atom is -0.350 e. The molecule has 1 fully saturated rings. The van der Waals surface area contributed by atoms with Crippen LogP contribution in [-0.4, -0.2) is 35.3 Å². The second-order valence-corrected chi connectivity index (χ2v) is 7.94. The van der Waals surface area contributed by atoms with E-state index < -0.39 is 23.6 Å². The van der Waals surface area contributed by atoms with Crippen molar-refractivity contribution in [3.05, 3.63) is 41.5 Å². The normalized spacial score (nSPS) is 20.6. The number of amides is 2. The van der Waals surface area contributed by atoms with Crippen LogP contribution in [0.5, 0.6) is 0 Å². The van der Waals surface area contributed by atoms with Gasteiger partial charge in [0.2, 0.25) is 11.8 Å². The molecule has 2 amide bonds. The van der Waals surface area contributed by atoms with E-state index in [9.17, 15) is 18.4 Å². The Morgan fingerprint density at radius 1 is 1.19 bits per heavy atom. The highest BCUT2D eigenvalue weighted by Crippen LogP contribution is 2.21. The smallest absolute Gasteiger partial charge is 0.247 e. The molecule has 4 nitrogen and oxygen atoms in total. The van der Waals surface area contributed by atoms with Gasteiger partial charge in [-0.25, -0.2) is 8.78 Å². The predicted molar refractivity (Wildman–Crippen MR) is 102 cm³/mol. The van der Waals surface area contributed by atoms with Crippen LogP contribution in [0.25, 0.3) is 6.08 Å². The summed E-state index contributed by atoms with van der Waals surface area (Å²) >= 11 is 0. The largest absolute Gasteiger partial charge is 0.350 e. The molecule has 0 aromatic heterocycles. The van der Waals surface area contributed by atoms with E-state index >= 15 is 0 Å². The maximum atomic E-state index is 13.8. The minimum absolute atomic E-state index is 0.122. The maximum absolute atomic E-state index is 13.8. The third-order valence-corrected chi connectivity index (χ3v) is 4.57. The molecule has 0 spiro atoms. The van der Waals surface area contributed by atoms with E-state index in [1.807, 2.05) is 13.8 Å². The monoisotopic (exact) mass is 378 g/mol. The van der Waals surface area contributed by atoms with Gasteiger partial charge in [0.05, 0.1) is 0 Å². The van der Waals surface area contributed by atoms with Gasteiger partial charge >= 0.3 is 0 Å². The lowest BCUT2D eigenvalue weighted by Crippen LogP contribution is -2.61. The van der Waals surface area contributed by atoms with E-state index in [0.717, 1.165) is 30.7 Å². The lowest BCUT2D eigenvalue weighted by molar-refractivity contribution is -0.142. The van der Waals surface area contributed by atoms with Crippen LogP contribution in [0.4, 0.5) is 8.78 Å². The van der Waals surface area contributed by atoms with Crippen molar-refractivity contribution in [2.24, 2.45) is 11.8 Å². The Labute approximate surface area is 159 Å². The van der Waals surface area contributed by atoms with Gasteiger partial charge in [-0.1, -0.05) is 33.8 Å². The highest BCUT2D eigenvalue weighted by Gasteiger charge is 2.36. The van der Waals surface area contributed by atoms with Crippen molar-refractivity contribution < 1.29 is 18.4 Å². The Morgan fingerprint density at radius 3 is 2.33 bits per heavy atom. The molecule has 1 heterocycles. The topological polar surface area (TPSA) is 49.4 Å². The van der Waals surface area contributed by atoms with Gasteiger partial charge in [-0.15, -0.1) is 0 Å². The highest BCUT2D eigenvalue weighted by atomic mass is 19.1. The van der Waals surface area contributed by atoms with Gasteiger partial charge in [0.15, 0.2) is 0 Å². The third-order valence-electron chi connectivity index (χ3n) is 4.57. The first kappa shape index (κ1) is 21.1. The maximum Gasteiger partial charge on any atom is 0.247 e. The zero-order valence-corrected chi connectivity index (χ0v) is 16.3. The number of benzene rings is 1. The fourth-order valence-corrected chi connectivity index (χ4v) is 3.40. The lowest BCUT2D eigenvalue weighted by Gasteiger charge is -2.40. The summed E-state index contributed by atoms with van der Waals surface area (Å²) in [6, 6.07) is 2.86. The molecule has 1 N–H and O–H groups in total. The van der Waals surface area contributed by atoms with Gasteiger partial charge in [-0.05, 0) is 42.9 Å². The van der Waals surface area contributed by atoms with E-state index in [4.69, 9.17) is 0 Å². The van der Waals surface area contributed by atoms with Crippen molar-refractivity contribution in [1.29, 1.82) is 0 Å².